The lowest BCUT2D eigenvalue weighted by Gasteiger charge is -2.21. The Morgan fingerprint density at radius 3 is 2.13 bits per heavy atom. The van der Waals surface area contributed by atoms with Crippen molar-refractivity contribution < 1.29 is 38.6 Å². The maximum Gasteiger partial charge on any atom is 0.305 e. The first-order chi connectivity index (χ1) is 22.2. The second kappa shape index (κ2) is 16.4. The zero-order chi connectivity index (χ0) is 32.9. The van der Waals surface area contributed by atoms with E-state index in [1.165, 1.54) is 0 Å². The lowest BCUT2D eigenvalue weighted by molar-refractivity contribution is -0.137. The Labute approximate surface area is 265 Å². The van der Waals surface area contributed by atoms with E-state index >= 15 is 0 Å². The summed E-state index contributed by atoms with van der Waals surface area (Å²) in [5.41, 5.74) is 3.37. The normalized spacial score (nSPS) is 17.9. The lowest BCUT2D eigenvalue weighted by atomic mass is 10.00. The largest absolute Gasteiger partial charge is 0.484 e. The van der Waals surface area contributed by atoms with Crippen molar-refractivity contribution in [3.63, 3.8) is 0 Å². The van der Waals surface area contributed by atoms with E-state index in [2.05, 4.69) is 26.6 Å². The molecule has 2 aliphatic heterocycles. The van der Waals surface area contributed by atoms with Crippen LogP contribution in [0.3, 0.4) is 0 Å². The summed E-state index contributed by atoms with van der Waals surface area (Å²) in [5.74, 6) is -3.84. The third kappa shape index (κ3) is 10.5. The van der Waals surface area contributed by atoms with Crippen LogP contribution < -0.4 is 31.3 Å². The smallest absolute Gasteiger partial charge is 0.305 e. The molecular weight excluding hydrogens is 594 g/mol. The number of ether oxygens (including phenoxy) is 1. The van der Waals surface area contributed by atoms with Crippen LogP contribution in [0, 0.1) is 0 Å². The van der Waals surface area contributed by atoms with Gasteiger partial charge >= 0.3 is 5.97 Å². The van der Waals surface area contributed by atoms with Crippen LogP contribution in [-0.2, 0) is 41.6 Å². The second-order valence-corrected chi connectivity index (χ2v) is 10.6. The molecule has 0 spiro atoms. The predicted octanol–water partition coefficient (Wildman–Crippen LogP) is 0.324. The Balaban J connectivity index is 1.50. The maximum absolute atomic E-state index is 13.3. The molecule has 2 aliphatic rings. The summed E-state index contributed by atoms with van der Waals surface area (Å²) in [6, 6.07) is 21.5. The Hall–Kier alpha value is -5.72. The zero-order valence-electron chi connectivity index (χ0n) is 24.9. The van der Waals surface area contributed by atoms with Crippen LogP contribution in [0.25, 0.3) is 11.1 Å². The number of carbonyl (C=O) groups excluding carboxylic acids is 5. The molecule has 2 heterocycles. The fourth-order valence-electron chi connectivity index (χ4n) is 4.65. The first kappa shape index (κ1) is 33.2. The monoisotopic (exact) mass is 629 g/mol. The number of carboxylic acids is 1. The number of carbonyl (C=O) groups is 6. The summed E-state index contributed by atoms with van der Waals surface area (Å²) < 4.78 is 5.49. The summed E-state index contributed by atoms with van der Waals surface area (Å²) in [4.78, 5) is 75.0. The van der Waals surface area contributed by atoms with Crippen molar-refractivity contribution in [1.82, 2.24) is 26.6 Å². The topological polar surface area (TPSA) is 192 Å². The van der Waals surface area contributed by atoms with Gasteiger partial charge in [-0.3, -0.25) is 28.8 Å². The van der Waals surface area contributed by atoms with Gasteiger partial charge in [-0.2, -0.15) is 0 Å². The van der Waals surface area contributed by atoms with Crippen molar-refractivity contribution in [3.05, 3.63) is 90.0 Å². The summed E-state index contributed by atoms with van der Waals surface area (Å²) in [6.07, 6.45) is -0.158. The summed E-state index contributed by atoms with van der Waals surface area (Å²) >= 11 is 0. The molecule has 0 aromatic heterocycles. The van der Waals surface area contributed by atoms with Crippen molar-refractivity contribution >= 4 is 35.5 Å². The molecule has 5 amide bonds. The number of rotatable bonds is 7. The lowest BCUT2D eigenvalue weighted by Crippen LogP contribution is -2.54. The van der Waals surface area contributed by atoms with Crippen LogP contribution in [0.15, 0.2) is 78.9 Å². The van der Waals surface area contributed by atoms with Crippen molar-refractivity contribution in [1.29, 1.82) is 0 Å². The second-order valence-electron chi connectivity index (χ2n) is 10.6. The van der Waals surface area contributed by atoms with Gasteiger partial charge in [-0.1, -0.05) is 66.7 Å². The number of hydrogen-bond donors (Lipinski definition) is 6. The van der Waals surface area contributed by atoms with E-state index < -0.39 is 60.7 Å². The van der Waals surface area contributed by atoms with Gasteiger partial charge in [0.25, 0.3) is 5.91 Å². The number of amides is 5. The molecule has 3 aromatic rings. The van der Waals surface area contributed by atoms with Gasteiger partial charge in [-0.05, 0) is 34.4 Å². The molecule has 5 rings (SSSR count). The molecule has 13 heteroatoms. The number of carboxylic acid groups (broad SMARTS) is 1. The third-order valence-corrected chi connectivity index (χ3v) is 7.04. The standard InChI is InChI=1S/C33H35N5O8/c39-28-18-35-30(41)20-46-25-12-8-22(9-13-25)17-26(32(44)34-15-14-31(42)43)37-29(40)19-36-33(45)27(38-28)16-21-6-10-24(11-7-21)23-4-2-1-3-5-23/h1-13,26-27H,14-20H2,(H,34,44)(H,35,41)(H,36,45)(H,37,40)(H,38,39)(H,42,43)/t26-,27+/m0/s1. The fourth-order valence-corrected chi connectivity index (χ4v) is 4.65. The Morgan fingerprint density at radius 1 is 0.783 bits per heavy atom. The molecule has 3 aromatic carbocycles. The molecule has 6 N–H and O–H groups in total. The number of nitrogens with one attached hydrogen (secondary N) is 5. The number of benzene rings is 3. The van der Waals surface area contributed by atoms with Crippen LogP contribution >= 0.6 is 0 Å². The zero-order valence-corrected chi connectivity index (χ0v) is 24.9. The van der Waals surface area contributed by atoms with Gasteiger partial charge in [-0.25, -0.2) is 0 Å². The van der Waals surface area contributed by atoms with E-state index in [0.29, 0.717) is 11.3 Å². The van der Waals surface area contributed by atoms with Crippen molar-refractivity contribution in [2.45, 2.75) is 31.3 Å². The fraction of sp³-hybridized carbons (Fsp3) is 0.273. The van der Waals surface area contributed by atoms with Crippen molar-refractivity contribution in [2.75, 3.05) is 26.2 Å². The average Bonchev–Trinajstić information content (AvgIpc) is 3.05. The van der Waals surface area contributed by atoms with E-state index in [-0.39, 0.29) is 32.4 Å². The van der Waals surface area contributed by atoms with Crippen LogP contribution in [0.1, 0.15) is 17.5 Å². The molecule has 2 atom stereocenters. The number of hydrogen-bond acceptors (Lipinski definition) is 7. The Kier molecular flexibility index (Phi) is 11.8. The predicted molar refractivity (Wildman–Crippen MR) is 166 cm³/mol. The van der Waals surface area contributed by atoms with E-state index in [1.807, 2.05) is 54.6 Å². The molecule has 13 nitrogen and oxygen atoms in total. The molecule has 0 fully saturated rings. The van der Waals surface area contributed by atoms with Gasteiger partial charge in [-0.15, -0.1) is 0 Å². The minimum atomic E-state index is -1.09. The average molecular weight is 630 g/mol. The third-order valence-electron chi connectivity index (χ3n) is 7.04. The first-order valence-corrected chi connectivity index (χ1v) is 14.6. The summed E-state index contributed by atoms with van der Waals surface area (Å²) in [5, 5.41) is 21.6. The van der Waals surface area contributed by atoms with Gasteiger partial charge in [0.05, 0.1) is 19.5 Å². The van der Waals surface area contributed by atoms with Crippen LogP contribution in [0.5, 0.6) is 5.75 Å². The first-order valence-electron chi connectivity index (χ1n) is 14.6. The minimum absolute atomic E-state index is 0.0526. The molecule has 0 aliphatic carbocycles. The Bertz CT molecular complexity index is 1540. The number of aliphatic carboxylic acids is 1. The van der Waals surface area contributed by atoms with E-state index in [0.717, 1.165) is 16.7 Å². The van der Waals surface area contributed by atoms with Crippen LogP contribution in [0.4, 0.5) is 0 Å². The van der Waals surface area contributed by atoms with Crippen molar-refractivity contribution in [3.8, 4) is 16.9 Å². The quantitative estimate of drug-likeness (QED) is 0.201. The molecule has 46 heavy (non-hydrogen) atoms. The highest BCUT2D eigenvalue weighted by atomic mass is 16.5. The van der Waals surface area contributed by atoms with Gasteiger partial charge in [0.2, 0.25) is 23.6 Å². The minimum Gasteiger partial charge on any atom is -0.484 e. The summed E-state index contributed by atoms with van der Waals surface area (Å²) in [6.45, 7) is -1.41. The molecular formula is C33H35N5O8. The van der Waals surface area contributed by atoms with Crippen LogP contribution in [-0.4, -0.2) is 78.9 Å². The van der Waals surface area contributed by atoms with Crippen LogP contribution in [0.2, 0.25) is 0 Å². The van der Waals surface area contributed by atoms with Gasteiger partial charge in [0.1, 0.15) is 17.8 Å². The molecule has 0 unspecified atom stereocenters. The highest BCUT2D eigenvalue weighted by molar-refractivity contribution is 5.93. The molecule has 240 valence electrons. The van der Waals surface area contributed by atoms with E-state index in [1.54, 1.807) is 24.3 Å². The Morgan fingerprint density at radius 2 is 1.43 bits per heavy atom. The highest BCUT2D eigenvalue weighted by Gasteiger charge is 2.25. The van der Waals surface area contributed by atoms with Crippen molar-refractivity contribution in [2.24, 2.45) is 0 Å². The van der Waals surface area contributed by atoms with E-state index in [4.69, 9.17) is 9.84 Å². The van der Waals surface area contributed by atoms with E-state index in [9.17, 15) is 28.8 Å². The molecule has 0 radical (unpaired) electrons. The molecule has 0 saturated carbocycles. The molecule has 0 saturated heterocycles. The van der Waals surface area contributed by atoms with Gasteiger partial charge in [0.15, 0.2) is 6.61 Å². The number of fused-ring (bicyclic) bond motifs is 16. The summed E-state index contributed by atoms with van der Waals surface area (Å²) in [7, 11) is 0. The highest BCUT2D eigenvalue weighted by Crippen LogP contribution is 2.20. The van der Waals surface area contributed by atoms with Gasteiger partial charge in [0, 0.05) is 19.4 Å². The molecule has 2 bridgehead atoms. The SMILES string of the molecule is O=C(O)CCNC(=O)[C@@H]1Cc2ccc(cc2)OCC(=O)NCC(=O)N[C@H](Cc2ccc(-c3ccccc3)cc2)C(=O)NCC(=O)N1. The van der Waals surface area contributed by atoms with Gasteiger partial charge < -0.3 is 36.4 Å². The maximum atomic E-state index is 13.3.